The number of anilines is 1. The van der Waals surface area contributed by atoms with Gasteiger partial charge in [0.25, 0.3) is 5.91 Å². The molecule has 4 N–H and O–H groups in total. The van der Waals surface area contributed by atoms with E-state index >= 15 is 0 Å². The zero-order valence-corrected chi connectivity index (χ0v) is 16.6. The van der Waals surface area contributed by atoms with Crippen molar-refractivity contribution >= 4 is 29.9 Å². The molecule has 0 aromatic heterocycles. The van der Waals surface area contributed by atoms with Crippen LogP contribution in [-0.4, -0.2) is 31.5 Å². The molecule has 2 rings (SSSR count). The lowest BCUT2D eigenvalue weighted by molar-refractivity contribution is -0.117. The number of halogens is 1. The van der Waals surface area contributed by atoms with E-state index in [1.54, 1.807) is 25.3 Å². The lowest BCUT2D eigenvalue weighted by atomic mass is 10.0. The Hall–Kier alpha value is -2.57. The van der Waals surface area contributed by atoms with E-state index in [-0.39, 0.29) is 24.2 Å². The summed E-state index contributed by atoms with van der Waals surface area (Å²) in [4.78, 5) is 24.2. The second-order valence-electron chi connectivity index (χ2n) is 6.04. The number of hydrogen-bond donors (Lipinski definition) is 3. The van der Waals surface area contributed by atoms with E-state index in [1.165, 1.54) is 0 Å². The highest BCUT2D eigenvalue weighted by Crippen LogP contribution is 2.18. The van der Waals surface area contributed by atoms with Crippen LogP contribution in [0.25, 0.3) is 0 Å². The Labute approximate surface area is 165 Å². The molecule has 0 fully saturated rings. The van der Waals surface area contributed by atoms with Crippen LogP contribution < -0.4 is 21.1 Å². The molecular formula is C20H26ClN3O3. The van der Waals surface area contributed by atoms with Gasteiger partial charge in [-0.2, -0.15) is 0 Å². The summed E-state index contributed by atoms with van der Waals surface area (Å²) in [6, 6.07) is 11.9. The molecule has 0 unspecified atom stereocenters. The summed E-state index contributed by atoms with van der Waals surface area (Å²) < 4.78 is 5.12. The fraction of sp³-hybridized carbons (Fsp3) is 0.300. The van der Waals surface area contributed by atoms with Crippen LogP contribution in [-0.2, 0) is 11.2 Å². The maximum atomic E-state index is 12.4. The molecule has 2 amide bonds. The first-order chi connectivity index (χ1) is 12.4. The van der Waals surface area contributed by atoms with Crippen LogP contribution in [0.5, 0.6) is 5.75 Å². The van der Waals surface area contributed by atoms with Crippen molar-refractivity contribution in [3.05, 3.63) is 59.2 Å². The van der Waals surface area contributed by atoms with Gasteiger partial charge >= 0.3 is 0 Å². The van der Waals surface area contributed by atoms with Crippen LogP contribution in [0.1, 0.15) is 28.4 Å². The van der Waals surface area contributed by atoms with E-state index in [0.717, 1.165) is 16.9 Å². The summed E-state index contributed by atoms with van der Waals surface area (Å²) in [6.45, 7) is 4.27. The molecule has 0 aliphatic carbocycles. The van der Waals surface area contributed by atoms with Crippen LogP contribution >= 0.6 is 12.4 Å². The van der Waals surface area contributed by atoms with Crippen LogP contribution in [0.15, 0.2) is 42.5 Å². The molecule has 0 aliphatic rings. The molecule has 1 atom stereocenters. The van der Waals surface area contributed by atoms with Gasteiger partial charge in [0, 0.05) is 17.8 Å². The minimum atomic E-state index is -0.675. The summed E-state index contributed by atoms with van der Waals surface area (Å²) in [5.41, 5.74) is 8.99. The molecule has 0 bridgehead atoms. The van der Waals surface area contributed by atoms with Crippen molar-refractivity contribution in [1.29, 1.82) is 0 Å². The highest BCUT2D eigenvalue weighted by Gasteiger charge is 2.16. The molecule has 0 saturated carbocycles. The average Bonchev–Trinajstić information content (AvgIpc) is 2.64. The van der Waals surface area contributed by atoms with Gasteiger partial charge in [-0.15, -0.1) is 12.4 Å². The monoisotopic (exact) mass is 391 g/mol. The largest absolute Gasteiger partial charge is 0.497 e. The number of carbonyl (C=O) groups excluding carboxylic acids is 2. The van der Waals surface area contributed by atoms with E-state index in [0.29, 0.717) is 24.2 Å². The molecule has 146 valence electrons. The number of methoxy groups -OCH3 is 1. The first-order valence-electron chi connectivity index (χ1n) is 8.52. The zero-order valence-electron chi connectivity index (χ0n) is 15.7. The minimum absolute atomic E-state index is 0. The highest BCUT2D eigenvalue weighted by atomic mass is 35.5. The number of nitrogens with one attached hydrogen (secondary N) is 2. The third-order valence-electron chi connectivity index (χ3n) is 4.04. The van der Waals surface area contributed by atoms with Crippen molar-refractivity contribution < 1.29 is 14.3 Å². The van der Waals surface area contributed by atoms with Crippen LogP contribution in [0.3, 0.4) is 0 Å². The fourth-order valence-corrected chi connectivity index (χ4v) is 2.54. The summed E-state index contributed by atoms with van der Waals surface area (Å²) in [5.74, 6) is 0.356. The lowest BCUT2D eigenvalue weighted by Crippen LogP contribution is -2.37. The van der Waals surface area contributed by atoms with Gasteiger partial charge in [0.1, 0.15) is 5.75 Å². The summed E-state index contributed by atoms with van der Waals surface area (Å²) in [6.07, 6.45) is 0.422. The van der Waals surface area contributed by atoms with Crippen molar-refractivity contribution in [3.63, 3.8) is 0 Å². The molecule has 2 aromatic carbocycles. The lowest BCUT2D eigenvalue weighted by Gasteiger charge is -2.15. The molecular weight excluding hydrogens is 366 g/mol. The van der Waals surface area contributed by atoms with Gasteiger partial charge in [-0.05, 0) is 61.7 Å². The second kappa shape index (κ2) is 10.5. The number of hydrogen-bond acceptors (Lipinski definition) is 4. The van der Waals surface area contributed by atoms with Crippen LogP contribution in [0, 0.1) is 6.92 Å². The SMILES string of the molecule is CCNC(=O)c1ccc(NC(=O)[C@@H](N)Cc2ccc(OC)cc2)c(C)c1.Cl. The van der Waals surface area contributed by atoms with E-state index in [4.69, 9.17) is 10.5 Å². The normalized spacial score (nSPS) is 11.1. The molecule has 6 nitrogen and oxygen atoms in total. The van der Waals surface area contributed by atoms with Crippen LogP contribution in [0.2, 0.25) is 0 Å². The van der Waals surface area contributed by atoms with Crippen molar-refractivity contribution in [2.75, 3.05) is 19.0 Å². The van der Waals surface area contributed by atoms with E-state index in [2.05, 4.69) is 10.6 Å². The predicted molar refractivity (Wildman–Crippen MR) is 110 cm³/mol. The molecule has 27 heavy (non-hydrogen) atoms. The maximum Gasteiger partial charge on any atom is 0.251 e. The number of nitrogens with two attached hydrogens (primary N) is 1. The third-order valence-corrected chi connectivity index (χ3v) is 4.04. The van der Waals surface area contributed by atoms with Gasteiger partial charge in [-0.25, -0.2) is 0 Å². The third kappa shape index (κ3) is 6.27. The Balaban J connectivity index is 0.00000364. The van der Waals surface area contributed by atoms with E-state index < -0.39 is 6.04 Å². The average molecular weight is 392 g/mol. The van der Waals surface area contributed by atoms with Gasteiger partial charge < -0.3 is 21.1 Å². The number of carbonyl (C=O) groups is 2. The topological polar surface area (TPSA) is 93.5 Å². The molecule has 0 heterocycles. The molecule has 0 spiro atoms. The first-order valence-corrected chi connectivity index (χ1v) is 8.52. The number of benzene rings is 2. The zero-order chi connectivity index (χ0) is 19.1. The van der Waals surface area contributed by atoms with Gasteiger partial charge in [-0.1, -0.05) is 12.1 Å². The summed E-state index contributed by atoms with van der Waals surface area (Å²) in [5, 5.41) is 5.58. The second-order valence-corrected chi connectivity index (χ2v) is 6.04. The Morgan fingerprint density at radius 1 is 1.15 bits per heavy atom. The Morgan fingerprint density at radius 2 is 1.81 bits per heavy atom. The van der Waals surface area contributed by atoms with E-state index in [9.17, 15) is 9.59 Å². The maximum absolute atomic E-state index is 12.4. The number of ether oxygens (including phenoxy) is 1. The first kappa shape index (κ1) is 22.5. The van der Waals surface area contributed by atoms with Gasteiger partial charge in [0.15, 0.2) is 0 Å². The predicted octanol–water partition coefficient (Wildman–Crippen LogP) is 2.68. The Morgan fingerprint density at radius 3 is 2.37 bits per heavy atom. The van der Waals surface area contributed by atoms with Crippen LogP contribution in [0.4, 0.5) is 5.69 Å². The molecule has 0 saturated heterocycles. The van der Waals surface area contributed by atoms with Crippen molar-refractivity contribution in [3.8, 4) is 5.75 Å². The number of rotatable bonds is 7. The Kier molecular flexibility index (Phi) is 8.78. The molecule has 2 aromatic rings. The standard InChI is InChI=1S/C20H25N3O3.ClH/c1-4-22-19(24)15-7-10-18(13(2)11-15)23-20(25)17(21)12-14-5-8-16(26-3)9-6-14;/h5-11,17H,4,12,21H2,1-3H3,(H,22,24)(H,23,25);1H/t17-;/m0./s1. The van der Waals surface area contributed by atoms with Gasteiger partial charge in [-0.3, -0.25) is 9.59 Å². The fourth-order valence-electron chi connectivity index (χ4n) is 2.54. The highest BCUT2D eigenvalue weighted by molar-refractivity contribution is 5.98. The van der Waals surface area contributed by atoms with Gasteiger partial charge in [0.05, 0.1) is 13.2 Å². The summed E-state index contributed by atoms with van der Waals surface area (Å²) >= 11 is 0. The van der Waals surface area contributed by atoms with Crippen molar-refractivity contribution in [2.45, 2.75) is 26.3 Å². The molecule has 7 heteroatoms. The van der Waals surface area contributed by atoms with E-state index in [1.807, 2.05) is 38.1 Å². The smallest absolute Gasteiger partial charge is 0.251 e. The molecule has 0 aliphatic heterocycles. The molecule has 0 radical (unpaired) electrons. The number of aryl methyl sites for hydroxylation is 1. The summed E-state index contributed by atoms with van der Waals surface area (Å²) in [7, 11) is 1.60. The van der Waals surface area contributed by atoms with Crippen molar-refractivity contribution in [2.24, 2.45) is 5.73 Å². The quantitative estimate of drug-likeness (QED) is 0.676. The van der Waals surface area contributed by atoms with Crippen molar-refractivity contribution in [1.82, 2.24) is 5.32 Å². The van der Waals surface area contributed by atoms with Gasteiger partial charge in [0.2, 0.25) is 5.91 Å². The number of amides is 2. The minimum Gasteiger partial charge on any atom is -0.497 e. The Bertz CT molecular complexity index is 779.